The maximum atomic E-state index is 13.6. The Morgan fingerprint density at radius 2 is 1.58 bits per heavy atom. The Morgan fingerprint density at radius 3 is 2.29 bits per heavy atom. The second-order valence-corrected chi connectivity index (χ2v) is 16.4. The Bertz CT molecular complexity index is 2550. The molecule has 6 heterocycles. The first kappa shape index (κ1) is 44.9. The maximum absolute atomic E-state index is 13.6. The number of imide groups is 2. The molecule has 1 saturated carbocycles. The summed E-state index contributed by atoms with van der Waals surface area (Å²) in [7, 11) is 0. The smallest absolute Gasteiger partial charge is 0.264 e. The highest BCUT2D eigenvalue weighted by molar-refractivity contribution is 6.25. The summed E-state index contributed by atoms with van der Waals surface area (Å²) in [4.78, 5) is 108. The van der Waals surface area contributed by atoms with Crippen molar-refractivity contribution in [1.29, 1.82) is 0 Å². The quantitative estimate of drug-likeness (QED) is 0.0740. The van der Waals surface area contributed by atoms with Crippen LogP contribution in [0, 0.1) is 6.92 Å². The zero-order valence-electron chi connectivity index (χ0n) is 36.4. The first-order valence-corrected chi connectivity index (χ1v) is 22.0. The monoisotopic (exact) mass is 892 g/mol. The highest BCUT2D eigenvalue weighted by atomic mass is 16.5. The number of carbonyl (C=O) groups excluding carboxylic acids is 6. The summed E-state index contributed by atoms with van der Waals surface area (Å²) >= 11 is 0. The molecule has 1 aromatic carbocycles. The topological polar surface area (TPSA) is 237 Å². The zero-order valence-corrected chi connectivity index (χ0v) is 36.4. The van der Waals surface area contributed by atoms with Gasteiger partial charge in [0.15, 0.2) is 5.78 Å². The third kappa shape index (κ3) is 9.74. The van der Waals surface area contributed by atoms with Gasteiger partial charge < -0.3 is 34.6 Å². The van der Waals surface area contributed by atoms with Crippen molar-refractivity contribution in [3.05, 3.63) is 75.3 Å². The SMILES string of the molecule is CC(=O)c1c(C)c2cnc(Nc3ccc(N4CCN(C(=O)COCCOCCOCCNc5cccc6c5C(=O)N(C5CCC(=O)NC5=O)C6=O)CC4)cn3)nc2n(C2CCCC2)c1=O. The van der Waals surface area contributed by atoms with E-state index in [1.54, 1.807) is 40.9 Å². The molecule has 20 heteroatoms. The third-order valence-electron chi connectivity index (χ3n) is 12.2. The van der Waals surface area contributed by atoms with E-state index in [1.807, 2.05) is 12.1 Å². The minimum Gasteiger partial charge on any atom is -0.382 e. The van der Waals surface area contributed by atoms with E-state index in [-0.39, 0.29) is 72.6 Å². The van der Waals surface area contributed by atoms with Gasteiger partial charge in [0.1, 0.15) is 24.1 Å². The van der Waals surface area contributed by atoms with Crippen LogP contribution in [0.2, 0.25) is 0 Å². The van der Waals surface area contributed by atoms with Crippen LogP contribution in [0.3, 0.4) is 0 Å². The van der Waals surface area contributed by atoms with Gasteiger partial charge in [0, 0.05) is 62.5 Å². The number of hydrogen-bond donors (Lipinski definition) is 3. The highest BCUT2D eigenvalue weighted by Crippen LogP contribution is 2.34. The van der Waals surface area contributed by atoms with Crippen LogP contribution in [0.25, 0.3) is 11.0 Å². The summed E-state index contributed by atoms with van der Waals surface area (Å²) in [6.07, 6.45) is 7.30. The van der Waals surface area contributed by atoms with E-state index in [0.29, 0.717) is 86.6 Å². The maximum Gasteiger partial charge on any atom is 0.264 e. The molecule has 5 amide bonds. The van der Waals surface area contributed by atoms with Gasteiger partial charge in [-0.1, -0.05) is 18.9 Å². The van der Waals surface area contributed by atoms with Gasteiger partial charge in [0.25, 0.3) is 17.4 Å². The number of nitrogens with zero attached hydrogens (tertiary/aromatic N) is 7. The summed E-state index contributed by atoms with van der Waals surface area (Å²) in [6.45, 7) is 7.23. The molecule has 1 unspecified atom stereocenters. The van der Waals surface area contributed by atoms with Crippen LogP contribution in [0.4, 0.5) is 23.1 Å². The normalized spacial score (nSPS) is 17.8. The molecule has 0 spiro atoms. The van der Waals surface area contributed by atoms with Crippen molar-refractivity contribution >= 4 is 69.5 Å². The number of hydrogen-bond acceptors (Lipinski definition) is 16. The van der Waals surface area contributed by atoms with E-state index in [0.717, 1.165) is 36.3 Å². The van der Waals surface area contributed by atoms with Gasteiger partial charge in [-0.15, -0.1) is 0 Å². The van der Waals surface area contributed by atoms with Crippen LogP contribution in [-0.4, -0.2) is 143 Å². The number of nitrogens with one attached hydrogen (secondary N) is 3. The number of Topliss-reactive ketones (excluding diaryl/α,β-unsaturated/α-hetero) is 1. The number of ether oxygens (including phenoxy) is 3. The van der Waals surface area contributed by atoms with E-state index in [2.05, 4.69) is 30.8 Å². The average molecular weight is 893 g/mol. The van der Waals surface area contributed by atoms with E-state index >= 15 is 0 Å². The van der Waals surface area contributed by atoms with Crippen molar-refractivity contribution in [1.82, 2.24) is 34.6 Å². The molecule has 1 atom stereocenters. The molecule has 4 aromatic rings. The lowest BCUT2D eigenvalue weighted by Gasteiger charge is -2.36. The molecule has 342 valence electrons. The van der Waals surface area contributed by atoms with Crippen molar-refractivity contribution < 1.29 is 43.0 Å². The second kappa shape index (κ2) is 20.0. The minimum absolute atomic E-state index is 0.0183. The van der Waals surface area contributed by atoms with Crippen LogP contribution in [0.5, 0.6) is 0 Å². The van der Waals surface area contributed by atoms with Gasteiger partial charge in [-0.05, 0) is 62.9 Å². The Kier molecular flexibility index (Phi) is 13.9. The lowest BCUT2D eigenvalue weighted by molar-refractivity contribution is -0.137. The molecule has 8 rings (SSSR count). The Morgan fingerprint density at radius 1 is 0.846 bits per heavy atom. The molecule has 3 fully saturated rings. The molecular weight excluding hydrogens is 841 g/mol. The predicted molar refractivity (Wildman–Crippen MR) is 236 cm³/mol. The number of ketones is 1. The number of rotatable bonds is 18. The molecule has 65 heavy (non-hydrogen) atoms. The van der Waals surface area contributed by atoms with Crippen molar-refractivity contribution in [2.75, 3.05) is 87.9 Å². The predicted octanol–water partition coefficient (Wildman–Crippen LogP) is 2.77. The fourth-order valence-corrected chi connectivity index (χ4v) is 8.90. The number of carbonyl (C=O) groups is 6. The van der Waals surface area contributed by atoms with E-state index in [4.69, 9.17) is 19.2 Å². The Balaban J connectivity index is 0.707. The molecule has 0 radical (unpaired) electrons. The molecular formula is C45H52N10O10. The summed E-state index contributed by atoms with van der Waals surface area (Å²) in [5.41, 5.74) is 2.73. The second-order valence-electron chi connectivity index (χ2n) is 16.4. The van der Waals surface area contributed by atoms with Crippen LogP contribution in [-0.2, 0) is 28.6 Å². The number of benzene rings is 1. The number of piperazine rings is 1. The van der Waals surface area contributed by atoms with Crippen LogP contribution >= 0.6 is 0 Å². The number of piperidine rings is 1. The van der Waals surface area contributed by atoms with Crippen LogP contribution in [0.15, 0.2) is 47.5 Å². The van der Waals surface area contributed by atoms with Crippen molar-refractivity contribution in [3.63, 3.8) is 0 Å². The number of fused-ring (bicyclic) bond motifs is 2. The number of anilines is 4. The van der Waals surface area contributed by atoms with Crippen molar-refractivity contribution in [2.24, 2.45) is 0 Å². The van der Waals surface area contributed by atoms with Gasteiger partial charge in [-0.2, -0.15) is 4.98 Å². The standard InChI is InChI=1S/C45H52N10O10/c1-27-32-25-48-45(51-40(32)54(29-6-3-4-7-29)43(61)38(27)28(2)56)49-35-12-10-30(24-47-35)52-15-17-53(18-16-52)37(58)26-65-23-22-64-21-20-63-19-14-46-33-9-5-8-31-39(33)44(62)55(42(31)60)34-11-13-36(57)50-41(34)59/h5,8-10,12,24-25,29,34,46H,3-4,6-7,11,13-23,26H2,1-2H3,(H,50,57,59)(H,47,48,49,51). The fraction of sp³-hybridized carbons (Fsp3) is 0.467. The van der Waals surface area contributed by atoms with E-state index in [9.17, 15) is 33.6 Å². The number of amides is 5. The van der Waals surface area contributed by atoms with Gasteiger partial charge in [0.2, 0.25) is 23.7 Å². The average Bonchev–Trinajstić information content (AvgIpc) is 3.92. The Hall–Kier alpha value is -6.64. The molecule has 2 saturated heterocycles. The van der Waals surface area contributed by atoms with Crippen LogP contribution in [0.1, 0.15) is 88.1 Å². The van der Waals surface area contributed by atoms with Gasteiger partial charge in [0.05, 0.1) is 61.6 Å². The van der Waals surface area contributed by atoms with Gasteiger partial charge in [-0.3, -0.25) is 48.3 Å². The number of aromatic nitrogens is 4. The molecule has 3 N–H and O–H groups in total. The fourth-order valence-electron chi connectivity index (χ4n) is 8.90. The first-order valence-electron chi connectivity index (χ1n) is 22.0. The van der Waals surface area contributed by atoms with Crippen LogP contribution < -0.4 is 26.4 Å². The summed E-state index contributed by atoms with van der Waals surface area (Å²) in [6, 6.07) is 7.60. The van der Waals surface area contributed by atoms with Gasteiger partial charge >= 0.3 is 0 Å². The summed E-state index contributed by atoms with van der Waals surface area (Å²) in [5, 5.41) is 9.16. The molecule has 3 aliphatic heterocycles. The molecule has 1 aliphatic carbocycles. The zero-order chi connectivity index (χ0) is 45.6. The first-order chi connectivity index (χ1) is 31.5. The van der Waals surface area contributed by atoms with Crippen molar-refractivity contribution in [2.45, 2.75) is 64.5 Å². The highest BCUT2D eigenvalue weighted by Gasteiger charge is 2.45. The van der Waals surface area contributed by atoms with E-state index < -0.39 is 29.7 Å². The molecule has 0 bridgehead atoms. The summed E-state index contributed by atoms with van der Waals surface area (Å²) < 4.78 is 18.5. The molecule has 4 aliphatic rings. The van der Waals surface area contributed by atoms with Gasteiger partial charge in [-0.25, -0.2) is 9.97 Å². The minimum atomic E-state index is -1.03. The number of aryl methyl sites for hydroxylation is 1. The summed E-state index contributed by atoms with van der Waals surface area (Å²) in [5.74, 6) is -1.77. The Labute approximate surface area is 374 Å². The third-order valence-corrected chi connectivity index (χ3v) is 12.2. The molecule has 20 nitrogen and oxygen atoms in total. The van der Waals surface area contributed by atoms with E-state index in [1.165, 1.54) is 13.0 Å². The molecule has 3 aromatic heterocycles. The lowest BCUT2D eigenvalue weighted by Crippen LogP contribution is -2.54. The number of pyridine rings is 2. The lowest BCUT2D eigenvalue weighted by atomic mass is 10.0. The largest absolute Gasteiger partial charge is 0.382 e. The van der Waals surface area contributed by atoms with Crippen molar-refractivity contribution in [3.8, 4) is 0 Å².